The third kappa shape index (κ3) is 2.03. The van der Waals surface area contributed by atoms with Crippen LogP contribution in [0.25, 0.3) is 22.6 Å². The second-order valence-electron chi connectivity index (χ2n) is 5.91. The van der Waals surface area contributed by atoms with E-state index >= 15 is 0 Å². The van der Waals surface area contributed by atoms with E-state index in [4.69, 9.17) is 0 Å². The number of fused-ring (bicyclic) bond motifs is 1. The lowest BCUT2D eigenvalue weighted by Gasteiger charge is -2.21. The third-order valence-corrected chi connectivity index (χ3v) is 3.36. The number of aromatic nitrogens is 3. The molecule has 0 spiro atoms. The maximum atomic E-state index is 10.5. The average Bonchev–Trinajstić information content (AvgIpc) is 2.81. The van der Waals surface area contributed by atoms with Gasteiger partial charge in [0.2, 0.25) is 0 Å². The molecule has 0 saturated carbocycles. The molecule has 2 aromatic heterocycles. The van der Waals surface area contributed by atoms with Gasteiger partial charge in [0.15, 0.2) is 5.65 Å². The predicted molar refractivity (Wildman–Crippen MR) is 79.7 cm³/mol. The number of rotatable bonds is 1. The summed E-state index contributed by atoms with van der Waals surface area (Å²) in [5, 5.41) is 10.5. The summed E-state index contributed by atoms with van der Waals surface area (Å²) in [6, 6.07) is 9.53. The van der Waals surface area contributed by atoms with Gasteiger partial charge in [0.25, 0.3) is 0 Å². The molecule has 102 valence electrons. The van der Waals surface area contributed by atoms with Crippen LogP contribution < -0.4 is 0 Å². The number of hydrogen-bond donors (Lipinski definition) is 2. The van der Waals surface area contributed by atoms with Crippen LogP contribution in [0.3, 0.4) is 0 Å². The minimum Gasteiger partial charge on any atom is -0.507 e. The summed E-state index contributed by atoms with van der Waals surface area (Å²) < 4.78 is 0. The fourth-order valence-electron chi connectivity index (χ4n) is 2.31. The highest BCUT2D eigenvalue weighted by Crippen LogP contribution is 2.37. The highest BCUT2D eigenvalue weighted by Gasteiger charge is 2.21. The normalized spacial score (nSPS) is 11.9. The fourth-order valence-corrected chi connectivity index (χ4v) is 2.31. The highest BCUT2D eigenvalue weighted by atomic mass is 16.3. The molecule has 3 aromatic rings. The smallest absolute Gasteiger partial charge is 0.178 e. The topological polar surface area (TPSA) is 61.8 Å². The minimum atomic E-state index is -0.121. The standard InChI is InChI=1S/C16H17N3O/c1-16(2,3)11-7-4-6-10(13(11)20)14-18-12-8-5-9-17-15(12)19-14/h4-9,20H,1-3H3,(H,17,18,19). The Bertz CT molecular complexity index is 736. The zero-order valence-corrected chi connectivity index (χ0v) is 11.8. The number of pyridine rings is 1. The van der Waals surface area contributed by atoms with Crippen LogP contribution in [0.1, 0.15) is 26.3 Å². The van der Waals surface area contributed by atoms with Crippen molar-refractivity contribution in [2.45, 2.75) is 26.2 Å². The largest absolute Gasteiger partial charge is 0.507 e. The molecule has 0 aliphatic carbocycles. The van der Waals surface area contributed by atoms with Gasteiger partial charge in [-0.15, -0.1) is 0 Å². The first-order valence-electron chi connectivity index (χ1n) is 6.60. The number of nitrogens with one attached hydrogen (secondary N) is 1. The lowest BCUT2D eigenvalue weighted by molar-refractivity contribution is 0.448. The van der Waals surface area contributed by atoms with E-state index in [0.29, 0.717) is 17.0 Å². The van der Waals surface area contributed by atoms with Crippen molar-refractivity contribution in [1.29, 1.82) is 0 Å². The first-order valence-corrected chi connectivity index (χ1v) is 6.60. The predicted octanol–water partition coefficient (Wildman–Crippen LogP) is 3.63. The lowest BCUT2D eigenvalue weighted by Crippen LogP contribution is -2.11. The van der Waals surface area contributed by atoms with Gasteiger partial charge >= 0.3 is 0 Å². The van der Waals surface area contributed by atoms with Crippen LogP contribution >= 0.6 is 0 Å². The molecule has 2 N–H and O–H groups in total. The van der Waals surface area contributed by atoms with Crippen LogP contribution in [0, 0.1) is 0 Å². The maximum Gasteiger partial charge on any atom is 0.178 e. The summed E-state index contributed by atoms with van der Waals surface area (Å²) in [7, 11) is 0. The number of H-pyrrole nitrogens is 1. The molecule has 0 aliphatic heterocycles. The Morgan fingerprint density at radius 3 is 2.60 bits per heavy atom. The van der Waals surface area contributed by atoms with Crippen molar-refractivity contribution >= 4 is 11.2 Å². The van der Waals surface area contributed by atoms with Crippen molar-refractivity contribution in [3.8, 4) is 17.1 Å². The van der Waals surface area contributed by atoms with Crippen LogP contribution in [0.2, 0.25) is 0 Å². The third-order valence-electron chi connectivity index (χ3n) is 3.36. The fraction of sp³-hybridized carbons (Fsp3) is 0.250. The number of hydrogen-bond acceptors (Lipinski definition) is 3. The van der Waals surface area contributed by atoms with E-state index in [1.54, 1.807) is 6.20 Å². The number of phenolic OH excluding ortho intramolecular Hbond substituents is 1. The molecule has 0 bridgehead atoms. The SMILES string of the molecule is CC(C)(C)c1cccc(-c2nc3ncccc3[nH]2)c1O. The van der Waals surface area contributed by atoms with Crippen LogP contribution in [-0.4, -0.2) is 20.1 Å². The first kappa shape index (κ1) is 12.7. The van der Waals surface area contributed by atoms with Crippen molar-refractivity contribution in [3.63, 3.8) is 0 Å². The number of benzene rings is 1. The Morgan fingerprint density at radius 2 is 1.90 bits per heavy atom. The molecule has 0 radical (unpaired) electrons. The maximum absolute atomic E-state index is 10.5. The number of nitrogens with zero attached hydrogens (tertiary/aromatic N) is 2. The average molecular weight is 267 g/mol. The number of aromatic hydroxyl groups is 1. The van der Waals surface area contributed by atoms with Crippen molar-refractivity contribution in [2.24, 2.45) is 0 Å². The molecule has 1 aromatic carbocycles. The summed E-state index contributed by atoms with van der Waals surface area (Å²) in [5.74, 6) is 0.918. The van der Waals surface area contributed by atoms with Gasteiger partial charge in [-0.1, -0.05) is 32.9 Å². The number of aromatic amines is 1. The Labute approximate surface area is 117 Å². The Kier molecular flexibility index (Phi) is 2.74. The van der Waals surface area contributed by atoms with E-state index in [1.165, 1.54) is 0 Å². The molecule has 0 saturated heterocycles. The van der Waals surface area contributed by atoms with E-state index < -0.39 is 0 Å². The number of para-hydroxylation sites is 1. The number of phenols is 1. The van der Waals surface area contributed by atoms with E-state index in [0.717, 1.165) is 11.1 Å². The highest BCUT2D eigenvalue weighted by molar-refractivity contribution is 5.78. The molecule has 0 fully saturated rings. The summed E-state index contributed by atoms with van der Waals surface area (Å²) in [6.07, 6.45) is 1.71. The quantitative estimate of drug-likeness (QED) is 0.707. The van der Waals surface area contributed by atoms with Crippen LogP contribution in [0.5, 0.6) is 5.75 Å². The second kappa shape index (κ2) is 4.34. The Hall–Kier alpha value is -2.36. The summed E-state index contributed by atoms with van der Waals surface area (Å²) in [5.41, 5.74) is 3.01. The molecule has 4 heteroatoms. The molecular formula is C16H17N3O. The molecule has 3 rings (SSSR count). The Balaban J connectivity index is 2.19. The first-order chi connectivity index (χ1) is 9.47. The zero-order chi connectivity index (χ0) is 14.3. The summed E-state index contributed by atoms with van der Waals surface area (Å²) in [6.45, 7) is 6.23. The van der Waals surface area contributed by atoms with Gasteiger partial charge in [-0.05, 0) is 29.2 Å². The van der Waals surface area contributed by atoms with Gasteiger partial charge in [-0.3, -0.25) is 0 Å². The van der Waals surface area contributed by atoms with Gasteiger partial charge in [0, 0.05) is 6.20 Å². The van der Waals surface area contributed by atoms with Crippen LogP contribution in [-0.2, 0) is 5.41 Å². The molecule has 4 nitrogen and oxygen atoms in total. The molecule has 0 unspecified atom stereocenters. The van der Waals surface area contributed by atoms with E-state index in [9.17, 15) is 5.11 Å². The van der Waals surface area contributed by atoms with Gasteiger partial charge in [0.1, 0.15) is 11.6 Å². The molecule has 2 heterocycles. The van der Waals surface area contributed by atoms with Crippen molar-refractivity contribution in [3.05, 3.63) is 42.1 Å². The van der Waals surface area contributed by atoms with Crippen molar-refractivity contribution in [1.82, 2.24) is 15.0 Å². The van der Waals surface area contributed by atoms with E-state index in [1.807, 2.05) is 30.3 Å². The minimum absolute atomic E-state index is 0.121. The van der Waals surface area contributed by atoms with Crippen molar-refractivity contribution < 1.29 is 5.11 Å². The molecule has 0 atom stereocenters. The second-order valence-corrected chi connectivity index (χ2v) is 5.91. The van der Waals surface area contributed by atoms with Gasteiger partial charge in [-0.2, -0.15) is 0 Å². The monoisotopic (exact) mass is 267 g/mol. The van der Waals surface area contributed by atoms with E-state index in [-0.39, 0.29) is 11.2 Å². The van der Waals surface area contributed by atoms with Gasteiger partial charge < -0.3 is 10.1 Å². The molecule has 0 amide bonds. The van der Waals surface area contributed by atoms with Gasteiger partial charge in [0.05, 0.1) is 11.1 Å². The molecule has 0 aliphatic rings. The van der Waals surface area contributed by atoms with E-state index in [2.05, 4.69) is 35.7 Å². The van der Waals surface area contributed by atoms with Crippen LogP contribution in [0.15, 0.2) is 36.5 Å². The van der Waals surface area contributed by atoms with Crippen LogP contribution in [0.4, 0.5) is 0 Å². The summed E-state index contributed by atoms with van der Waals surface area (Å²) in [4.78, 5) is 11.8. The molecule has 20 heavy (non-hydrogen) atoms. The Morgan fingerprint density at radius 1 is 1.10 bits per heavy atom. The summed E-state index contributed by atoms with van der Waals surface area (Å²) >= 11 is 0. The van der Waals surface area contributed by atoms with Crippen molar-refractivity contribution in [2.75, 3.05) is 0 Å². The molecular weight excluding hydrogens is 250 g/mol. The zero-order valence-electron chi connectivity index (χ0n) is 11.8. The van der Waals surface area contributed by atoms with Gasteiger partial charge in [-0.25, -0.2) is 9.97 Å². The number of imidazole rings is 1. The lowest BCUT2D eigenvalue weighted by atomic mass is 9.85.